The van der Waals surface area contributed by atoms with Crippen molar-refractivity contribution in [2.75, 3.05) is 4.90 Å². The van der Waals surface area contributed by atoms with E-state index < -0.39 is 5.41 Å². The van der Waals surface area contributed by atoms with Gasteiger partial charge in [-0.15, -0.1) is 0 Å². The molecule has 0 saturated heterocycles. The summed E-state index contributed by atoms with van der Waals surface area (Å²) in [6.07, 6.45) is 0. The molecule has 0 radical (unpaired) electrons. The minimum absolute atomic E-state index is 0.533. The Bertz CT molecular complexity index is 2480. The Labute approximate surface area is 286 Å². The van der Waals surface area contributed by atoms with Crippen LogP contribution in [-0.4, -0.2) is 0 Å². The molecule has 0 unspecified atom stereocenters. The maximum atomic E-state index is 7.11. The third kappa shape index (κ3) is 4.01. The molecular formula is C47H31NO. The van der Waals surface area contributed by atoms with Gasteiger partial charge < -0.3 is 9.64 Å². The van der Waals surface area contributed by atoms with Gasteiger partial charge in [0.05, 0.1) is 16.8 Å². The number of ether oxygens (including phenoxy) is 1. The number of hydrogen-bond acceptors (Lipinski definition) is 2. The Balaban J connectivity index is 1.27. The topological polar surface area (TPSA) is 12.5 Å². The molecule has 0 bridgehead atoms. The molecule has 230 valence electrons. The van der Waals surface area contributed by atoms with Crippen molar-refractivity contribution in [3.63, 3.8) is 0 Å². The zero-order valence-corrected chi connectivity index (χ0v) is 26.8. The Morgan fingerprint density at radius 2 is 0.939 bits per heavy atom. The predicted molar refractivity (Wildman–Crippen MR) is 201 cm³/mol. The zero-order valence-electron chi connectivity index (χ0n) is 26.8. The summed E-state index contributed by atoms with van der Waals surface area (Å²) in [4.78, 5) is 2.38. The molecule has 8 aromatic rings. The molecule has 8 aromatic carbocycles. The molecule has 0 amide bonds. The molecule has 0 N–H and O–H groups in total. The van der Waals surface area contributed by atoms with E-state index in [2.05, 4.69) is 193 Å². The van der Waals surface area contributed by atoms with Crippen molar-refractivity contribution in [1.29, 1.82) is 0 Å². The number of para-hydroxylation sites is 2. The standard InChI is InChI=1S/C47H31NO/c1-2-14-32(15-3-1)33-28-30-35(31-29-33)48(43-25-12-17-34-16-4-5-18-36(34)43)44-26-13-24-42-46(44)49-45-27-11-10-23-41(45)47(42)39-21-8-6-19-37(39)38-20-7-9-22-40(38)47/h1-31H. The van der Waals surface area contributed by atoms with Crippen molar-refractivity contribution in [3.8, 4) is 33.8 Å². The van der Waals surface area contributed by atoms with Gasteiger partial charge in [-0.05, 0) is 69.1 Å². The van der Waals surface area contributed by atoms with E-state index >= 15 is 0 Å². The van der Waals surface area contributed by atoms with E-state index in [9.17, 15) is 0 Å². The van der Waals surface area contributed by atoms with Crippen LogP contribution in [0.5, 0.6) is 11.5 Å². The quantitative estimate of drug-likeness (QED) is 0.193. The van der Waals surface area contributed by atoms with E-state index in [1.807, 2.05) is 0 Å². The molecule has 1 aliphatic heterocycles. The van der Waals surface area contributed by atoms with Gasteiger partial charge >= 0.3 is 0 Å². The van der Waals surface area contributed by atoms with Gasteiger partial charge in [0.1, 0.15) is 5.75 Å². The fourth-order valence-corrected chi connectivity index (χ4v) is 8.28. The van der Waals surface area contributed by atoms with Gasteiger partial charge in [-0.2, -0.15) is 0 Å². The molecule has 2 nitrogen and oxygen atoms in total. The Morgan fingerprint density at radius 3 is 1.71 bits per heavy atom. The van der Waals surface area contributed by atoms with E-state index in [-0.39, 0.29) is 0 Å². The fraction of sp³-hybridized carbons (Fsp3) is 0.0213. The van der Waals surface area contributed by atoms with Crippen LogP contribution in [0.25, 0.3) is 33.0 Å². The first-order valence-corrected chi connectivity index (χ1v) is 16.9. The van der Waals surface area contributed by atoms with Gasteiger partial charge in [-0.3, -0.25) is 0 Å². The average Bonchev–Trinajstić information content (AvgIpc) is 3.47. The summed E-state index contributed by atoms with van der Waals surface area (Å²) in [6, 6.07) is 67.7. The fourth-order valence-electron chi connectivity index (χ4n) is 8.28. The highest BCUT2D eigenvalue weighted by atomic mass is 16.5. The summed E-state index contributed by atoms with van der Waals surface area (Å²) in [5.74, 6) is 1.75. The third-order valence-corrected chi connectivity index (χ3v) is 10.3. The third-order valence-electron chi connectivity index (χ3n) is 10.3. The molecule has 1 heterocycles. The van der Waals surface area contributed by atoms with Crippen LogP contribution in [0.4, 0.5) is 17.1 Å². The lowest BCUT2D eigenvalue weighted by atomic mass is 9.66. The predicted octanol–water partition coefficient (Wildman–Crippen LogP) is 12.4. The van der Waals surface area contributed by atoms with Crippen LogP contribution in [0, 0.1) is 0 Å². The Morgan fingerprint density at radius 1 is 0.388 bits per heavy atom. The number of fused-ring (bicyclic) bond motifs is 10. The summed E-state index contributed by atoms with van der Waals surface area (Å²) >= 11 is 0. The van der Waals surface area contributed by atoms with E-state index in [1.165, 1.54) is 49.7 Å². The minimum atomic E-state index is -0.533. The minimum Gasteiger partial charge on any atom is -0.454 e. The molecule has 1 spiro atoms. The van der Waals surface area contributed by atoms with Crippen LogP contribution < -0.4 is 9.64 Å². The van der Waals surface area contributed by atoms with Gasteiger partial charge in [0.25, 0.3) is 0 Å². The summed E-state index contributed by atoms with van der Waals surface area (Å²) < 4.78 is 7.11. The highest BCUT2D eigenvalue weighted by molar-refractivity contribution is 6.00. The van der Waals surface area contributed by atoms with Crippen LogP contribution in [0.2, 0.25) is 0 Å². The summed E-state index contributed by atoms with van der Waals surface area (Å²) in [5, 5.41) is 2.37. The summed E-state index contributed by atoms with van der Waals surface area (Å²) in [5.41, 5.74) is 12.4. The monoisotopic (exact) mass is 625 g/mol. The van der Waals surface area contributed by atoms with Crippen molar-refractivity contribution in [2.45, 2.75) is 5.41 Å². The van der Waals surface area contributed by atoms with Crippen LogP contribution in [0.3, 0.4) is 0 Å². The van der Waals surface area contributed by atoms with E-state index in [1.54, 1.807) is 0 Å². The highest BCUT2D eigenvalue weighted by Gasteiger charge is 2.51. The van der Waals surface area contributed by atoms with Gasteiger partial charge in [0, 0.05) is 22.2 Å². The molecule has 0 aromatic heterocycles. The first-order valence-electron chi connectivity index (χ1n) is 16.9. The second kappa shape index (κ2) is 10.8. The second-order valence-corrected chi connectivity index (χ2v) is 12.8. The smallest absolute Gasteiger partial charge is 0.156 e. The molecule has 10 rings (SSSR count). The molecule has 0 saturated carbocycles. The molecular weight excluding hydrogens is 595 g/mol. The van der Waals surface area contributed by atoms with Crippen LogP contribution in [0.1, 0.15) is 22.3 Å². The average molecular weight is 626 g/mol. The lowest BCUT2D eigenvalue weighted by molar-refractivity contribution is 0.437. The Kier molecular flexibility index (Phi) is 6.13. The summed E-state index contributed by atoms with van der Waals surface area (Å²) in [6.45, 7) is 0. The van der Waals surface area contributed by atoms with Crippen molar-refractivity contribution >= 4 is 27.8 Å². The Hall–Kier alpha value is -6.38. The lowest BCUT2D eigenvalue weighted by Gasteiger charge is -2.41. The number of anilines is 3. The van der Waals surface area contributed by atoms with Gasteiger partial charge in [0.2, 0.25) is 0 Å². The molecule has 0 fully saturated rings. The van der Waals surface area contributed by atoms with E-state index in [0.717, 1.165) is 34.1 Å². The number of rotatable bonds is 4. The van der Waals surface area contributed by atoms with Crippen LogP contribution in [0.15, 0.2) is 188 Å². The first kappa shape index (κ1) is 27.7. The van der Waals surface area contributed by atoms with Crippen molar-refractivity contribution in [3.05, 3.63) is 210 Å². The first-order chi connectivity index (χ1) is 24.3. The van der Waals surface area contributed by atoms with Gasteiger partial charge in [-0.1, -0.05) is 158 Å². The van der Waals surface area contributed by atoms with Crippen molar-refractivity contribution < 1.29 is 4.74 Å². The highest BCUT2D eigenvalue weighted by Crippen LogP contribution is 2.63. The maximum Gasteiger partial charge on any atom is 0.156 e. The zero-order chi connectivity index (χ0) is 32.4. The lowest BCUT2D eigenvalue weighted by Crippen LogP contribution is -2.32. The van der Waals surface area contributed by atoms with E-state index in [0.29, 0.717) is 0 Å². The number of hydrogen-bond donors (Lipinski definition) is 0. The molecule has 2 heteroatoms. The van der Waals surface area contributed by atoms with E-state index in [4.69, 9.17) is 4.74 Å². The second-order valence-electron chi connectivity index (χ2n) is 12.8. The molecule has 49 heavy (non-hydrogen) atoms. The van der Waals surface area contributed by atoms with Crippen LogP contribution >= 0.6 is 0 Å². The molecule has 0 atom stereocenters. The summed E-state index contributed by atoms with van der Waals surface area (Å²) in [7, 11) is 0. The molecule has 1 aliphatic carbocycles. The largest absolute Gasteiger partial charge is 0.454 e. The number of benzene rings is 8. The molecule has 2 aliphatic rings. The van der Waals surface area contributed by atoms with Crippen molar-refractivity contribution in [2.24, 2.45) is 0 Å². The van der Waals surface area contributed by atoms with Gasteiger partial charge in [0.15, 0.2) is 5.75 Å². The maximum absolute atomic E-state index is 7.11. The normalized spacial score (nSPS) is 13.2. The van der Waals surface area contributed by atoms with Crippen LogP contribution in [-0.2, 0) is 5.41 Å². The van der Waals surface area contributed by atoms with Crippen molar-refractivity contribution in [1.82, 2.24) is 0 Å². The van der Waals surface area contributed by atoms with Gasteiger partial charge in [-0.25, -0.2) is 0 Å². The SMILES string of the molecule is c1ccc(-c2ccc(N(c3cccc4c3Oc3ccccc3C43c4ccccc4-c4ccccc43)c3cccc4ccccc34)cc2)cc1. The number of nitrogens with zero attached hydrogens (tertiary/aromatic N) is 1.